The van der Waals surface area contributed by atoms with Crippen LogP contribution in [0.15, 0.2) is 24.3 Å². The number of piperidine rings is 1. The monoisotopic (exact) mass is 414 g/mol. The Bertz CT molecular complexity index is 853. The number of hydrogen-bond donors (Lipinski definition) is 1. The molecule has 4 rings (SSSR count). The average Bonchev–Trinajstić information content (AvgIpc) is 3.60. The summed E-state index contributed by atoms with van der Waals surface area (Å²) in [5.41, 5.74) is 0.419. The van der Waals surface area contributed by atoms with Gasteiger partial charge in [-0.3, -0.25) is 9.69 Å². The zero-order valence-corrected chi connectivity index (χ0v) is 18.1. The van der Waals surface area contributed by atoms with Gasteiger partial charge in [-0.1, -0.05) is 12.1 Å². The van der Waals surface area contributed by atoms with Crippen LogP contribution in [-0.4, -0.2) is 48.2 Å². The molecule has 1 unspecified atom stereocenters. The SMILES string of the molecule is COC(=O)c1ccc(C2(NC(=O)C3C[C@@H]4C[C@@H]4CN3C(=O)OC(C)(C)C)CC2)cc1. The number of likely N-dealkylation sites (tertiary alicyclic amines) is 1. The first-order valence-corrected chi connectivity index (χ1v) is 10.6. The van der Waals surface area contributed by atoms with E-state index in [0.29, 0.717) is 30.4 Å². The molecule has 7 nitrogen and oxygen atoms in total. The Labute approximate surface area is 177 Å². The van der Waals surface area contributed by atoms with Crippen LogP contribution < -0.4 is 5.32 Å². The molecule has 1 saturated heterocycles. The van der Waals surface area contributed by atoms with Crippen LogP contribution in [-0.2, 0) is 19.8 Å². The van der Waals surface area contributed by atoms with E-state index in [1.807, 2.05) is 32.9 Å². The molecule has 0 radical (unpaired) electrons. The van der Waals surface area contributed by atoms with Crippen LogP contribution in [0.3, 0.4) is 0 Å². The van der Waals surface area contributed by atoms with Crippen LogP contribution in [0.5, 0.6) is 0 Å². The molecule has 30 heavy (non-hydrogen) atoms. The van der Waals surface area contributed by atoms with Crippen molar-refractivity contribution in [3.05, 3.63) is 35.4 Å². The molecule has 1 aliphatic heterocycles. The Morgan fingerprint density at radius 1 is 1.07 bits per heavy atom. The van der Waals surface area contributed by atoms with Crippen LogP contribution in [0.2, 0.25) is 0 Å². The highest BCUT2D eigenvalue weighted by molar-refractivity contribution is 5.89. The highest BCUT2D eigenvalue weighted by Crippen LogP contribution is 2.49. The van der Waals surface area contributed by atoms with Gasteiger partial charge in [-0.25, -0.2) is 9.59 Å². The fraction of sp³-hybridized carbons (Fsp3) is 0.609. The minimum atomic E-state index is -0.600. The van der Waals surface area contributed by atoms with E-state index in [2.05, 4.69) is 5.32 Å². The third kappa shape index (κ3) is 4.16. The van der Waals surface area contributed by atoms with Crippen LogP contribution >= 0.6 is 0 Å². The first-order valence-electron chi connectivity index (χ1n) is 10.6. The molecule has 7 heteroatoms. The van der Waals surface area contributed by atoms with Gasteiger partial charge in [-0.15, -0.1) is 0 Å². The summed E-state index contributed by atoms with van der Waals surface area (Å²) in [6, 6.07) is 6.66. The average molecular weight is 415 g/mol. The Balaban J connectivity index is 1.47. The van der Waals surface area contributed by atoms with Gasteiger partial charge in [-0.05, 0) is 76.0 Å². The zero-order valence-electron chi connectivity index (χ0n) is 18.1. The fourth-order valence-electron chi connectivity index (χ4n) is 4.36. The number of esters is 1. The number of methoxy groups -OCH3 is 1. The number of nitrogens with one attached hydrogen (secondary N) is 1. The smallest absolute Gasteiger partial charge is 0.410 e. The molecule has 2 amide bonds. The first kappa shape index (κ1) is 20.7. The van der Waals surface area contributed by atoms with Gasteiger partial charge in [0.05, 0.1) is 18.2 Å². The maximum absolute atomic E-state index is 13.3. The maximum atomic E-state index is 13.3. The number of fused-ring (bicyclic) bond motifs is 1. The number of benzene rings is 1. The number of hydrogen-bond acceptors (Lipinski definition) is 5. The number of rotatable bonds is 4. The van der Waals surface area contributed by atoms with Gasteiger partial charge in [0.15, 0.2) is 0 Å². The normalized spacial score (nSPS) is 26.3. The highest BCUT2D eigenvalue weighted by atomic mass is 16.6. The standard InChI is InChI=1S/C23H30N2O5/c1-22(2,3)30-21(28)25-13-16-11-15(16)12-18(25)19(26)24-23(9-10-23)17-7-5-14(6-8-17)20(27)29-4/h5-8,15-16,18H,9-13H2,1-4H3,(H,24,26)/t15-,16+,18?/m0/s1. The molecule has 162 valence electrons. The van der Waals surface area contributed by atoms with Crippen LogP contribution in [0, 0.1) is 11.8 Å². The van der Waals surface area contributed by atoms with E-state index in [0.717, 1.165) is 24.8 Å². The maximum Gasteiger partial charge on any atom is 0.410 e. The molecule has 3 aliphatic rings. The molecule has 3 fully saturated rings. The van der Waals surface area contributed by atoms with Crippen molar-refractivity contribution < 1.29 is 23.9 Å². The van der Waals surface area contributed by atoms with Crippen LogP contribution in [0.25, 0.3) is 0 Å². The van der Waals surface area contributed by atoms with Crippen LogP contribution in [0.1, 0.15) is 62.4 Å². The molecule has 2 saturated carbocycles. The lowest BCUT2D eigenvalue weighted by Crippen LogP contribution is -2.55. The summed E-state index contributed by atoms with van der Waals surface area (Å²) in [5.74, 6) is 0.502. The molecule has 0 spiro atoms. The van der Waals surface area contributed by atoms with Gasteiger partial charge in [0.25, 0.3) is 0 Å². The van der Waals surface area contributed by atoms with E-state index in [9.17, 15) is 14.4 Å². The van der Waals surface area contributed by atoms with Crippen molar-refractivity contribution in [2.75, 3.05) is 13.7 Å². The van der Waals surface area contributed by atoms with Gasteiger partial charge in [-0.2, -0.15) is 0 Å². The molecule has 0 bridgehead atoms. The van der Waals surface area contributed by atoms with Crippen molar-refractivity contribution in [1.29, 1.82) is 0 Å². The van der Waals surface area contributed by atoms with E-state index < -0.39 is 23.3 Å². The van der Waals surface area contributed by atoms with Crippen molar-refractivity contribution in [3.8, 4) is 0 Å². The molecular formula is C23H30N2O5. The predicted octanol–water partition coefficient (Wildman–Crippen LogP) is 3.22. The first-order chi connectivity index (χ1) is 14.1. The molecule has 3 atom stereocenters. The van der Waals surface area contributed by atoms with E-state index >= 15 is 0 Å². The van der Waals surface area contributed by atoms with Gasteiger partial charge in [0, 0.05) is 6.54 Å². The summed E-state index contributed by atoms with van der Waals surface area (Å²) in [6.45, 7) is 6.08. The third-order valence-corrected chi connectivity index (χ3v) is 6.30. The minimum absolute atomic E-state index is 0.124. The van der Waals surface area contributed by atoms with Crippen molar-refractivity contribution >= 4 is 18.0 Å². The van der Waals surface area contributed by atoms with Crippen molar-refractivity contribution in [2.24, 2.45) is 11.8 Å². The molecule has 1 aromatic carbocycles. The van der Waals surface area contributed by atoms with E-state index in [1.54, 1.807) is 17.0 Å². The second kappa shape index (κ2) is 7.29. The van der Waals surface area contributed by atoms with Gasteiger partial charge >= 0.3 is 12.1 Å². The lowest BCUT2D eigenvalue weighted by atomic mass is 9.99. The van der Waals surface area contributed by atoms with Gasteiger partial charge in [0.2, 0.25) is 5.91 Å². The Kier molecular flexibility index (Phi) is 5.03. The van der Waals surface area contributed by atoms with Gasteiger partial charge in [0.1, 0.15) is 11.6 Å². The number of carbonyl (C=O) groups is 3. The number of nitrogens with zero attached hydrogens (tertiary/aromatic N) is 1. The van der Waals surface area contributed by atoms with Crippen LogP contribution in [0.4, 0.5) is 4.79 Å². The summed E-state index contributed by atoms with van der Waals surface area (Å²) in [7, 11) is 1.35. The molecule has 2 aliphatic carbocycles. The second-order valence-corrected chi connectivity index (χ2v) is 9.78. The van der Waals surface area contributed by atoms with Crippen molar-refractivity contribution in [1.82, 2.24) is 10.2 Å². The highest BCUT2D eigenvalue weighted by Gasteiger charge is 2.53. The summed E-state index contributed by atoms with van der Waals surface area (Å²) in [5, 5.41) is 3.20. The minimum Gasteiger partial charge on any atom is -0.465 e. The largest absolute Gasteiger partial charge is 0.465 e. The Morgan fingerprint density at radius 3 is 2.30 bits per heavy atom. The van der Waals surface area contributed by atoms with Crippen molar-refractivity contribution in [2.45, 2.75) is 63.6 Å². The molecule has 1 heterocycles. The molecule has 1 N–H and O–H groups in total. The van der Waals surface area contributed by atoms with E-state index in [1.165, 1.54) is 7.11 Å². The molecular weight excluding hydrogens is 384 g/mol. The number of carbonyl (C=O) groups excluding carboxylic acids is 3. The lowest BCUT2D eigenvalue weighted by Gasteiger charge is -2.36. The Morgan fingerprint density at radius 2 is 1.73 bits per heavy atom. The quantitative estimate of drug-likeness (QED) is 0.765. The number of amides is 2. The fourth-order valence-corrected chi connectivity index (χ4v) is 4.36. The topological polar surface area (TPSA) is 84.9 Å². The third-order valence-electron chi connectivity index (χ3n) is 6.30. The van der Waals surface area contributed by atoms with E-state index in [4.69, 9.17) is 9.47 Å². The number of ether oxygens (including phenoxy) is 2. The summed E-state index contributed by atoms with van der Waals surface area (Å²) in [4.78, 5) is 39.3. The molecule has 0 aromatic heterocycles. The summed E-state index contributed by atoms with van der Waals surface area (Å²) >= 11 is 0. The Hall–Kier alpha value is -2.57. The van der Waals surface area contributed by atoms with Crippen molar-refractivity contribution in [3.63, 3.8) is 0 Å². The predicted molar refractivity (Wildman–Crippen MR) is 110 cm³/mol. The van der Waals surface area contributed by atoms with E-state index in [-0.39, 0.29) is 11.9 Å². The lowest BCUT2D eigenvalue weighted by molar-refractivity contribution is -0.128. The summed E-state index contributed by atoms with van der Waals surface area (Å²) < 4.78 is 10.3. The van der Waals surface area contributed by atoms with Gasteiger partial charge < -0.3 is 14.8 Å². The second-order valence-electron chi connectivity index (χ2n) is 9.78. The summed E-state index contributed by atoms with van der Waals surface area (Å²) in [6.07, 6.45) is 3.01. The zero-order chi connectivity index (χ0) is 21.7. The molecule has 1 aromatic rings.